The number of aromatic nitrogens is 1. The second-order valence-electron chi connectivity index (χ2n) is 6.92. The molecule has 1 heterocycles. The van der Waals surface area contributed by atoms with Crippen LogP contribution in [0.25, 0.3) is 11.3 Å². The highest BCUT2D eigenvalue weighted by atomic mass is 32.2. The quantitative estimate of drug-likeness (QED) is 0.398. The predicted octanol–water partition coefficient (Wildman–Crippen LogP) is 6.16. The zero-order valence-corrected chi connectivity index (χ0v) is 18.5. The van der Waals surface area contributed by atoms with Gasteiger partial charge in [0, 0.05) is 11.3 Å². The first-order valence-electron chi connectivity index (χ1n) is 10.0. The van der Waals surface area contributed by atoms with Crippen molar-refractivity contribution >= 4 is 23.4 Å². The molecule has 5 nitrogen and oxygen atoms in total. The number of hydrogen-bond donors (Lipinski definition) is 1. The highest BCUT2D eigenvalue weighted by Gasteiger charge is 2.36. The summed E-state index contributed by atoms with van der Waals surface area (Å²) in [4.78, 5) is 16.5. The summed E-state index contributed by atoms with van der Waals surface area (Å²) >= 11 is 0.782. The zero-order chi connectivity index (χ0) is 23.8. The molecule has 3 rings (SSSR count). The Kier molecular flexibility index (Phi) is 7.96. The number of thioether (sulfide) groups is 1. The van der Waals surface area contributed by atoms with Gasteiger partial charge in [-0.05, 0) is 48.9 Å². The molecule has 9 heteroatoms. The number of anilines is 1. The van der Waals surface area contributed by atoms with Gasteiger partial charge in [0.05, 0.1) is 29.2 Å². The summed E-state index contributed by atoms with van der Waals surface area (Å²) in [5.41, 5.74) is -0.649. The second-order valence-corrected chi connectivity index (χ2v) is 7.88. The lowest BCUT2D eigenvalue weighted by Crippen LogP contribution is -2.15. The molecule has 1 amide bonds. The first-order valence-corrected chi connectivity index (χ1v) is 11.0. The summed E-state index contributed by atoms with van der Waals surface area (Å²) in [6, 6.07) is 17.6. The molecule has 0 saturated heterocycles. The molecule has 3 aromatic rings. The van der Waals surface area contributed by atoms with Gasteiger partial charge in [-0.1, -0.05) is 36.9 Å². The molecule has 0 spiro atoms. The first kappa shape index (κ1) is 24.1. The molecule has 0 aliphatic rings. The number of para-hydroxylation sites is 1. The van der Waals surface area contributed by atoms with Crippen molar-refractivity contribution < 1.29 is 22.7 Å². The maximum Gasteiger partial charge on any atom is 0.417 e. The molecule has 1 aromatic heterocycles. The van der Waals surface area contributed by atoms with E-state index in [2.05, 4.69) is 10.3 Å². The standard InChI is InChI=1S/C24H20F3N3O2S/c1-2-12-32-18-10-8-16(9-11-18)21-13-20(24(25,26)27)19(14-28)23(30-21)33-15-22(31)29-17-6-4-3-5-7-17/h3-11,13H,2,12,15H2,1H3,(H,29,31). The third kappa shape index (κ3) is 6.49. The molecule has 1 N–H and O–H groups in total. The minimum atomic E-state index is -4.76. The van der Waals surface area contributed by atoms with Crippen LogP contribution < -0.4 is 10.1 Å². The number of amides is 1. The predicted molar refractivity (Wildman–Crippen MR) is 121 cm³/mol. The van der Waals surface area contributed by atoms with Gasteiger partial charge in [0.2, 0.25) is 5.91 Å². The van der Waals surface area contributed by atoms with Gasteiger partial charge in [0.25, 0.3) is 0 Å². The topological polar surface area (TPSA) is 75.0 Å². The fourth-order valence-corrected chi connectivity index (χ4v) is 3.70. The van der Waals surface area contributed by atoms with E-state index in [1.54, 1.807) is 60.7 Å². The van der Waals surface area contributed by atoms with Crippen LogP contribution in [0.1, 0.15) is 24.5 Å². The van der Waals surface area contributed by atoms with Crippen LogP contribution in [0, 0.1) is 11.3 Å². The molecule has 0 bridgehead atoms. The number of hydrogen-bond acceptors (Lipinski definition) is 5. The first-order chi connectivity index (χ1) is 15.8. The van der Waals surface area contributed by atoms with Crippen LogP contribution >= 0.6 is 11.8 Å². The summed E-state index contributed by atoms with van der Waals surface area (Å²) in [5.74, 6) is -0.0352. The number of alkyl halides is 3. The van der Waals surface area contributed by atoms with Gasteiger partial charge >= 0.3 is 6.18 Å². The highest BCUT2D eigenvalue weighted by Crippen LogP contribution is 2.38. The van der Waals surface area contributed by atoms with Gasteiger partial charge in [-0.3, -0.25) is 4.79 Å². The molecule has 0 radical (unpaired) electrons. The Hall–Kier alpha value is -3.51. The molecule has 2 aromatic carbocycles. The molecular formula is C24H20F3N3O2S. The third-order valence-electron chi connectivity index (χ3n) is 4.42. The van der Waals surface area contributed by atoms with E-state index in [0.29, 0.717) is 23.6 Å². The van der Waals surface area contributed by atoms with Crippen molar-refractivity contribution in [2.45, 2.75) is 24.5 Å². The monoisotopic (exact) mass is 471 g/mol. The van der Waals surface area contributed by atoms with Crippen molar-refractivity contribution in [3.05, 3.63) is 71.8 Å². The van der Waals surface area contributed by atoms with Crippen LogP contribution in [0.15, 0.2) is 65.7 Å². The van der Waals surface area contributed by atoms with Crippen LogP contribution in [0.2, 0.25) is 0 Å². The normalized spacial score (nSPS) is 11.0. The lowest BCUT2D eigenvalue weighted by Gasteiger charge is -2.14. The summed E-state index contributed by atoms with van der Waals surface area (Å²) in [6.45, 7) is 2.49. The minimum absolute atomic E-state index is 0.0503. The Balaban J connectivity index is 1.90. The molecule has 33 heavy (non-hydrogen) atoms. The maximum absolute atomic E-state index is 13.7. The van der Waals surface area contributed by atoms with Crippen LogP contribution in [0.5, 0.6) is 5.75 Å². The van der Waals surface area contributed by atoms with Gasteiger partial charge < -0.3 is 10.1 Å². The Labute approximate surface area is 193 Å². The van der Waals surface area contributed by atoms with Crippen LogP contribution in [0.3, 0.4) is 0 Å². The summed E-state index contributed by atoms with van der Waals surface area (Å²) < 4.78 is 46.6. The highest BCUT2D eigenvalue weighted by molar-refractivity contribution is 8.00. The lowest BCUT2D eigenvalue weighted by atomic mass is 10.1. The fraction of sp³-hybridized carbons (Fsp3) is 0.208. The Morgan fingerprint density at radius 3 is 2.45 bits per heavy atom. The number of nitrogens with zero attached hydrogens (tertiary/aromatic N) is 2. The zero-order valence-electron chi connectivity index (χ0n) is 17.6. The average molecular weight is 472 g/mol. The molecule has 0 atom stereocenters. The fourth-order valence-electron chi connectivity index (χ4n) is 2.90. The van der Waals surface area contributed by atoms with Crippen molar-refractivity contribution in [1.29, 1.82) is 5.26 Å². The van der Waals surface area contributed by atoms with Crippen molar-refractivity contribution in [2.75, 3.05) is 17.7 Å². The van der Waals surface area contributed by atoms with E-state index in [1.807, 2.05) is 6.92 Å². The van der Waals surface area contributed by atoms with E-state index in [-0.39, 0.29) is 16.5 Å². The van der Waals surface area contributed by atoms with Crippen molar-refractivity contribution in [3.8, 4) is 23.1 Å². The molecule has 0 unspecified atom stereocenters. The molecular weight excluding hydrogens is 451 g/mol. The largest absolute Gasteiger partial charge is 0.494 e. The number of nitrogens with one attached hydrogen (secondary N) is 1. The van der Waals surface area contributed by atoms with Gasteiger partial charge in [-0.15, -0.1) is 0 Å². The number of halogens is 3. The SMILES string of the molecule is CCCOc1ccc(-c2cc(C(F)(F)F)c(C#N)c(SCC(=O)Nc3ccccc3)n2)cc1. The molecule has 0 aliphatic carbocycles. The van der Waals surface area contributed by atoms with Gasteiger partial charge in [-0.2, -0.15) is 18.4 Å². The van der Waals surface area contributed by atoms with Crippen molar-refractivity contribution in [3.63, 3.8) is 0 Å². The molecule has 0 aliphatic heterocycles. The van der Waals surface area contributed by atoms with E-state index in [9.17, 15) is 23.2 Å². The van der Waals surface area contributed by atoms with E-state index in [0.717, 1.165) is 24.2 Å². The number of carbonyl (C=O) groups is 1. The average Bonchev–Trinajstić information content (AvgIpc) is 2.81. The minimum Gasteiger partial charge on any atom is -0.494 e. The van der Waals surface area contributed by atoms with Crippen LogP contribution in [-0.2, 0) is 11.0 Å². The Morgan fingerprint density at radius 2 is 1.85 bits per heavy atom. The lowest BCUT2D eigenvalue weighted by molar-refractivity contribution is -0.138. The number of pyridine rings is 1. The van der Waals surface area contributed by atoms with E-state index < -0.39 is 23.2 Å². The van der Waals surface area contributed by atoms with E-state index in [1.165, 1.54) is 0 Å². The van der Waals surface area contributed by atoms with Crippen LogP contribution in [-0.4, -0.2) is 23.3 Å². The second kappa shape index (κ2) is 10.9. The summed E-state index contributed by atoms with van der Waals surface area (Å²) in [7, 11) is 0. The number of carbonyl (C=O) groups excluding carboxylic acids is 1. The van der Waals surface area contributed by atoms with Gasteiger partial charge in [0.15, 0.2) is 0 Å². The van der Waals surface area contributed by atoms with E-state index in [4.69, 9.17) is 4.74 Å². The van der Waals surface area contributed by atoms with E-state index >= 15 is 0 Å². The number of nitriles is 1. The Bertz CT molecular complexity index is 1140. The Morgan fingerprint density at radius 1 is 1.15 bits per heavy atom. The maximum atomic E-state index is 13.7. The number of rotatable bonds is 8. The molecule has 0 saturated carbocycles. The third-order valence-corrected chi connectivity index (χ3v) is 5.40. The van der Waals surface area contributed by atoms with Crippen LogP contribution in [0.4, 0.5) is 18.9 Å². The van der Waals surface area contributed by atoms with Gasteiger partial charge in [0.1, 0.15) is 16.8 Å². The van der Waals surface area contributed by atoms with Crippen molar-refractivity contribution in [1.82, 2.24) is 4.98 Å². The summed E-state index contributed by atoms with van der Waals surface area (Å²) in [6.07, 6.45) is -3.93. The molecule has 170 valence electrons. The van der Waals surface area contributed by atoms with Gasteiger partial charge in [-0.25, -0.2) is 4.98 Å². The number of benzene rings is 2. The smallest absolute Gasteiger partial charge is 0.417 e. The van der Waals surface area contributed by atoms with Crippen molar-refractivity contribution in [2.24, 2.45) is 0 Å². The summed E-state index contributed by atoms with van der Waals surface area (Å²) in [5, 5.41) is 11.9. The number of ether oxygens (including phenoxy) is 1. The molecule has 0 fully saturated rings.